The molecule has 0 unspecified atom stereocenters. The SMILES string of the molecule is CCC(CC)(CNC(=O)Nc1ccc(F)c(Cl)c1)C(=O)O. The number of amides is 2. The molecule has 0 aliphatic rings. The highest BCUT2D eigenvalue weighted by Gasteiger charge is 2.35. The Morgan fingerprint density at radius 3 is 2.43 bits per heavy atom. The Bertz CT molecular complexity index is 533. The molecule has 0 aliphatic heterocycles. The van der Waals surface area contributed by atoms with Crippen LogP contribution in [0.1, 0.15) is 26.7 Å². The molecule has 0 aliphatic carbocycles. The van der Waals surface area contributed by atoms with Crippen molar-refractivity contribution < 1.29 is 19.1 Å². The predicted octanol–water partition coefficient (Wildman–Crippen LogP) is 3.49. The number of halogens is 2. The fraction of sp³-hybridized carbons (Fsp3) is 0.429. The van der Waals surface area contributed by atoms with Crippen LogP contribution in [0.2, 0.25) is 5.02 Å². The smallest absolute Gasteiger partial charge is 0.319 e. The second-order valence-corrected chi connectivity index (χ2v) is 5.14. The molecule has 0 aromatic heterocycles. The third-order valence-electron chi connectivity index (χ3n) is 3.57. The average Bonchev–Trinajstić information content (AvgIpc) is 2.44. The van der Waals surface area contributed by atoms with E-state index in [0.717, 1.165) is 6.07 Å². The van der Waals surface area contributed by atoms with Gasteiger partial charge in [0.1, 0.15) is 5.82 Å². The van der Waals surface area contributed by atoms with E-state index in [-0.39, 0.29) is 11.6 Å². The Kier molecular flexibility index (Phi) is 5.96. The molecule has 0 spiro atoms. The molecule has 1 rings (SSSR count). The van der Waals surface area contributed by atoms with E-state index in [1.807, 2.05) is 0 Å². The van der Waals surface area contributed by atoms with E-state index in [1.165, 1.54) is 12.1 Å². The van der Waals surface area contributed by atoms with Gasteiger partial charge in [0.25, 0.3) is 0 Å². The van der Waals surface area contributed by atoms with E-state index >= 15 is 0 Å². The Balaban J connectivity index is 2.65. The van der Waals surface area contributed by atoms with E-state index in [0.29, 0.717) is 18.5 Å². The largest absolute Gasteiger partial charge is 0.481 e. The Hall–Kier alpha value is -1.82. The quantitative estimate of drug-likeness (QED) is 0.751. The van der Waals surface area contributed by atoms with Gasteiger partial charge in [-0.1, -0.05) is 25.4 Å². The van der Waals surface area contributed by atoms with Gasteiger partial charge in [-0.3, -0.25) is 4.79 Å². The molecular weight excluding hydrogens is 299 g/mol. The van der Waals surface area contributed by atoms with Crippen molar-refractivity contribution in [2.45, 2.75) is 26.7 Å². The molecule has 7 heteroatoms. The number of hydrogen-bond donors (Lipinski definition) is 3. The lowest BCUT2D eigenvalue weighted by Gasteiger charge is -2.26. The number of urea groups is 1. The van der Waals surface area contributed by atoms with Gasteiger partial charge < -0.3 is 15.7 Å². The third kappa shape index (κ3) is 4.32. The fourth-order valence-corrected chi connectivity index (χ4v) is 2.06. The predicted molar refractivity (Wildman–Crippen MR) is 79.1 cm³/mol. The van der Waals surface area contributed by atoms with E-state index in [2.05, 4.69) is 10.6 Å². The standard InChI is InChI=1S/C14H18ClFN2O3/c1-3-14(4-2,12(19)20)8-17-13(21)18-9-5-6-11(16)10(15)7-9/h5-7H,3-4,8H2,1-2H3,(H,19,20)(H2,17,18,21). The average molecular weight is 317 g/mol. The second kappa shape index (κ2) is 7.26. The number of carboxylic acid groups (broad SMARTS) is 1. The Morgan fingerprint density at radius 2 is 1.95 bits per heavy atom. The number of carboxylic acids is 1. The second-order valence-electron chi connectivity index (χ2n) is 4.73. The maximum absolute atomic E-state index is 13.0. The number of carbonyl (C=O) groups is 2. The van der Waals surface area contributed by atoms with Gasteiger partial charge in [-0.25, -0.2) is 9.18 Å². The minimum Gasteiger partial charge on any atom is -0.481 e. The number of anilines is 1. The molecular formula is C14H18ClFN2O3. The minimum atomic E-state index is -0.988. The molecule has 116 valence electrons. The zero-order valence-corrected chi connectivity index (χ0v) is 12.6. The van der Waals surface area contributed by atoms with Crippen molar-refractivity contribution in [2.75, 3.05) is 11.9 Å². The van der Waals surface area contributed by atoms with Crippen molar-refractivity contribution in [1.82, 2.24) is 5.32 Å². The van der Waals surface area contributed by atoms with Crippen LogP contribution >= 0.6 is 11.6 Å². The van der Waals surface area contributed by atoms with Crippen LogP contribution in [-0.4, -0.2) is 23.7 Å². The number of aliphatic carboxylic acids is 1. The monoisotopic (exact) mass is 316 g/mol. The lowest BCUT2D eigenvalue weighted by Crippen LogP contribution is -2.43. The van der Waals surface area contributed by atoms with Crippen LogP contribution in [0.4, 0.5) is 14.9 Å². The molecule has 1 aromatic rings. The highest BCUT2D eigenvalue weighted by Crippen LogP contribution is 2.25. The van der Waals surface area contributed by atoms with Gasteiger partial charge in [-0.2, -0.15) is 0 Å². The van der Waals surface area contributed by atoms with E-state index in [4.69, 9.17) is 11.6 Å². The van der Waals surface area contributed by atoms with Gasteiger partial charge in [0.15, 0.2) is 0 Å². The van der Waals surface area contributed by atoms with Crippen molar-refractivity contribution in [2.24, 2.45) is 5.41 Å². The molecule has 1 aromatic carbocycles. The molecule has 0 fully saturated rings. The van der Waals surface area contributed by atoms with Crippen LogP contribution in [0.15, 0.2) is 18.2 Å². The van der Waals surface area contributed by atoms with Crippen molar-refractivity contribution in [1.29, 1.82) is 0 Å². The number of rotatable bonds is 6. The highest BCUT2D eigenvalue weighted by atomic mass is 35.5. The van der Waals surface area contributed by atoms with Crippen LogP contribution in [0.25, 0.3) is 0 Å². The molecule has 0 bridgehead atoms. The summed E-state index contributed by atoms with van der Waals surface area (Å²) in [6.07, 6.45) is 0.809. The van der Waals surface area contributed by atoms with Gasteiger partial charge in [0.2, 0.25) is 0 Å². The summed E-state index contributed by atoms with van der Waals surface area (Å²) in [4.78, 5) is 23.1. The van der Waals surface area contributed by atoms with Gasteiger partial charge in [-0.15, -0.1) is 0 Å². The van der Waals surface area contributed by atoms with Crippen molar-refractivity contribution in [3.63, 3.8) is 0 Å². The summed E-state index contributed by atoms with van der Waals surface area (Å²) in [6, 6.07) is 3.22. The summed E-state index contributed by atoms with van der Waals surface area (Å²) in [5.41, 5.74) is -0.662. The van der Waals surface area contributed by atoms with Crippen molar-refractivity contribution in [3.05, 3.63) is 29.0 Å². The first kappa shape index (κ1) is 17.2. The third-order valence-corrected chi connectivity index (χ3v) is 3.86. The maximum Gasteiger partial charge on any atom is 0.319 e. The van der Waals surface area contributed by atoms with Crippen LogP contribution in [0, 0.1) is 11.2 Å². The topological polar surface area (TPSA) is 78.4 Å². The van der Waals surface area contributed by atoms with Gasteiger partial charge in [0, 0.05) is 12.2 Å². The van der Waals surface area contributed by atoms with Gasteiger partial charge in [0.05, 0.1) is 10.4 Å². The molecule has 0 heterocycles. The summed E-state index contributed by atoms with van der Waals surface area (Å²) in [5.74, 6) is -1.53. The summed E-state index contributed by atoms with van der Waals surface area (Å²) in [7, 11) is 0. The van der Waals surface area contributed by atoms with Crippen LogP contribution in [-0.2, 0) is 4.79 Å². The maximum atomic E-state index is 13.0. The summed E-state index contributed by atoms with van der Waals surface area (Å²) < 4.78 is 13.0. The number of hydrogen-bond acceptors (Lipinski definition) is 2. The van der Waals surface area contributed by atoms with E-state index in [1.54, 1.807) is 13.8 Å². The molecule has 5 nitrogen and oxygen atoms in total. The number of benzene rings is 1. The molecule has 0 atom stereocenters. The number of nitrogens with one attached hydrogen (secondary N) is 2. The lowest BCUT2D eigenvalue weighted by atomic mass is 9.82. The van der Waals surface area contributed by atoms with E-state index in [9.17, 15) is 19.1 Å². The van der Waals surface area contributed by atoms with Gasteiger partial charge in [-0.05, 0) is 31.0 Å². The summed E-state index contributed by atoms with van der Waals surface area (Å²) >= 11 is 5.61. The molecule has 0 saturated carbocycles. The molecule has 2 amide bonds. The Morgan fingerprint density at radius 1 is 1.33 bits per heavy atom. The molecule has 0 radical (unpaired) electrons. The number of carbonyl (C=O) groups excluding carboxylic acids is 1. The van der Waals surface area contributed by atoms with Crippen LogP contribution in [0.3, 0.4) is 0 Å². The fourth-order valence-electron chi connectivity index (χ4n) is 1.88. The molecule has 0 saturated heterocycles. The van der Waals surface area contributed by atoms with Crippen LogP contribution in [0.5, 0.6) is 0 Å². The highest BCUT2D eigenvalue weighted by molar-refractivity contribution is 6.31. The first-order valence-corrected chi connectivity index (χ1v) is 6.95. The molecule has 3 N–H and O–H groups in total. The minimum absolute atomic E-state index is 0.0100. The summed E-state index contributed by atoms with van der Waals surface area (Å²) in [5, 5.41) is 14.2. The van der Waals surface area contributed by atoms with Crippen molar-refractivity contribution in [3.8, 4) is 0 Å². The summed E-state index contributed by atoms with van der Waals surface area (Å²) in [6.45, 7) is 3.53. The Labute approximate surface area is 127 Å². The zero-order valence-electron chi connectivity index (χ0n) is 11.9. The first-order chi connectivity index (χ1) is 9.84. The van der Waals surface area contributed by atoms with Crippen molar-refractivity contribution >= 4 is 29.3 Å². The van der Waals surface area contributed by atoms with E-state index < -0.39 is 23.2 Å². The molecule has 21 heavy (non-hydrogen) atoms. The normalized spacial score (nSPS) is 11.0. The lowest BCUT2D eigenvalue weighted by molar-refractivity contribution is -0.149. The zero-order chi connectivity index (χ0) is 16.0. The first-order valence-electron chi connectivity index (χ1n) is 6.58. The van der Waals surface area contributed by atoms with Crippen LogP contribution < -0.4 is 10.6 Å². The van der Waals surface area contributed by atoms with Gasteiger partial charge >= 0.3 is 12.0 Å².